The fourth-order valence-electron chi connectivity index (χ4n) is 3.19. The van der Waals surface area contributed by atoms with Gasteiger partial charge in [0.15, 0.2) is 0 Å². The van der Waals surface area contributed by atoms with Crippen LogP contribution in [-0.4, -0.2) is 16.6 Å². The summed E-state index contributed by atoms with van der Waals surface area (Å²) in [5.41, 5.74) is 4.38. The predicted octanol–water partition coefficient (Wildman–Crippen LogP) is 5.60. The first-order chi connectivity index (χ1) is 12.0. The van der Waals surface area contributed by atoms with Crippen molar-refractivity contribution < 1.29 is 4.74 Å². The van der Waals surface area contributed by atoms with E-state index in [9.17, 15) is 0 Å². The van der Waals surface area contributed by atoms with Crippen molar-refractivity contribution in [2.45, 2.75) is 38.6 Å². The molecule has 4 rings (SSSR count). The summed E-state index contributed by atoms with van der Waals surface area (Å²) in [5, 5.41) is 3.75. The number of nitrogens with one attached hydrogen (secondary N) is 1. The Morgan fingerprint density at radius 1 is 1.28 bits per heavy atom. The Hall–Kier alpha value is -2.20. The standard InChI is InChI=1S/C20H22ClN3O/c1-4-13-9-14(22-3)10-16(21)19(13)25-15-5-6-17-18(11-15)24(12-23-17)20(2)7-8-20/h5-6,9-12,22H,4,7-8H2,1-3H3. The zero-order valence-corrected chi connectivity index (χ0v) is 15.5. The van der Waals surface area contributed by atoms with Crippen LogP contribution in [0.15, 0.2) is 36.7 Å². The lowest BCUT2D eigenvalue weighted by Gasteiger charge is -2.15. The molecular formula is C20H22ClN3O. The third-order valence-corrected chi connectivity index (χ3v) is 5.36. The Labute approximate surface area is 152 Å². The SMILES string of the molecule is CCc1cc(NC)cc(Cl)c1Oc1ccc2ncn(C3(C)CC3)c2c1. The smallest absolute Gasteiger partial charge is 0.149 e. The molecule has 1 fully saturated rings. The van der Waals surface area contributed by atoms with E-state index < -0.39 is 0 Å². The maximum Gasteiger partial charge on any atom is 0.149 e. The van der Waals surface area contributed by atoms with Crippen LogP contribution in [0.25, 0.3) is 11.0 Å². The van der Waals surface area contributed by atoms with Crippen molar-refractivity contribution in [3.05, 3.63) is 47.2 Å². The summed E-state index contributed by atoms with van der Waals surface area (Å²) in [6.45, 7) is 4.37. The highest BCUT2D eigenvalue weighted by molar-refractivity contribution is 6.32. The van der Waals surface area contributed by atoms with Gasteiger partial charge in [0.25, 0.3) is 0 Å². The highest BCUT2D eigenvalue weighted by atomic mass is 35.5. The van der Waals surface area contributed by atoms with Crippen LogP contribution in [0.2, 0.25) is 5.02 Å². The number of nitrogens with zero attached hydrogens (tertiary/aromatic N) is 2. The van der Waals surface area contributed by atoms with E-state index in [1.807, 2.05) is 31.6 Å². The summed E-state index contributed by atoms with van der Waals surface area (Å²) < 4.78 is 8.46. The number of rotatable bonds is 5. The van der Waals surface area contributed by atoms with Gasteiger partial charge in [-0.2, -0.15) is 0 Å². The van der Waals surface area contributed by atoms with E-state index in [-0.39, 0.29) is 5.54 Å². The molecule has 0 radical (unpaired) electrons. The van der Waals surface area contributed by atoms with Crippen molar-refractivity contribution in [3.8, 4) is 11.5 Å². The molecule has 0 unspecified atom stereocenters. The number of hydrogen-bond donors (Lipinski definition) is 1. The number of fused-ring (bicyclic) bond motifs is 1. The topological polar surface area (TPSA) is 39.1 Å². The number of halogens is 1. The highest BCUT2D eigenvalue weighted by Crippen LogP contribution is 2.45. The molecule has 3 aromatic rings. The molecule has 130 valence electrons. The molecule has 0 aliphatic heterocycles. The number of aryl methyl sites for hydroxylation is 1. The van der Waals surface area contributed by atoms with Crippen molar-refractivity contribution in [3.63, 3.8) is 0 Å². The molecule has 0 bridgehead atoms. The first kappa shape index (κ1) is 16.3. The third-order valence-electron chi connectivity index (χ3n) is 5.08. The lowest BCUT2D eigenvalue weighted by molar-refractivity contribution is 0.477. The molecule has 1 aliphatic rings. The maximum absolute atomic E-state index is 6.47. The van der Waals surface area contributed by atoms with Crippen LogP contribution in [0.3, 0.4) is 0 Å². The zero-order valence-electron chi connectivity index (χ0n) is 14.8. The van der Waals surface area contributed by atoms with Gasteiger partial charge in [0.05, 0.1) is 22.4 Å². The summed E-state index contributed by atoms with van der Waals surface area (Å²) in [7, 11) is 1.89. The summed E-state index contributed by atoms with van der Waals surface area (Å²) in [6.07, 6.45) is 5.18. The Balaban J connectivity index is 1.74. The van der Waals surface area contributed by atoms with E-state index in [1.165, 1.54) is 12.8 Å². The average molecular weight is 356 g/mol. The Kier molecular flexibility index (Phi) is 3.88. The van der Waals surface area contributed by atoms with Gasteiger partial charge in [-0.15, -0.1) is 0 Å². The fraction of sp³-hybridized carbons (Fsp3) is 0.350. The van der Waals surface area contributed by atoms with Gasteiger partial charge in [-0.3, -0.25) is 0 Å². The van der Waals surface area contributed by atoms with Gasteiger partial charge in [0.2, 0.25) is 0 Å². The van der Waals surface area contributed by atoms with Gasteiger partial charge in [-0.1, -0.05) is 18.5 Å². The molecule has 4 nitrogen and oxygen atoms in total. The van der Waals surface area contributed by atoms with Crippen LogP contribution in [0.5, 0.6) is 11.5 Å². The van der Waals surface area contributed by atoms with Crippen LogP contribution in [0, 0.1) is 0 Å². The van der Waals surface area contributed by atoms with E-state index in [4.69, 9.17) is 16.3 Å². The monoisotopic (exact) mass is 355 g/mol. The van der Waals surface area contributed by atoms with Crippen molar-refractivity contribution in [2.24, 2.45) is 0 Å². The first-order valence-electron chi connectivity index (χ1n) is 8.69. The lowest BCUT2D eigenvalue weighted by atomic mass is 10.1. The molecule has 1 aliphatic carbocycles. The molecule has 0 amide bonds. The van der Waals surface area contributed by atoms with E-state index in [0.717, 1.165) is 40.2 Å². The molecule has 1 saturated carbocycles. The molecule has 0 atom stereocenters. The number of aromatic nitrogens is 2. The second-order valence-corrected chi connectivity index (χ2v) is 7.32. The molecule has 0 saturated heterocycles. The average Bonchev–Trinajstić information content (AvgIpc) is 3.21. The molecule has 25 heavy (non-hydrogen) atoms. The van der Waals surface area contributed by atoms with Gasteiger partial charge in [-0.05, 0) is 56.0 Å². The third kappa shape index (κ3) is 2.85. The molecule has 1 N–H and O–H groups in total. The largest absolute Gasteiger partial charge is 0.455 e. The van der Waals surface area contributed by atoms with Crippen LogP contribution >= 0.6 is 11.6 Å². The quantitative estimate of drug-likeness (QED) is 0.647. The Morgan fingerprint density at radius 3 is 2.76 bits per heavy atom. The molecule has 1 aromatic heterocycles. The van der Waals surface area contributed by atoms with Crippen LogP contribution < -0.4 is 10.1 Å². The predicted molar refractivity (Wildman–Crippen MR) is 103 cm³/mol. The molecule has 5 heteroatoms. The van der Waals surface area contributed by atoms with Gasteiger partial charge in [0, 0.05) is 24.3 Å². The van der Waals surface area contributed by atoms with E-state index in [2.05, 4.69) is 40.8 Å². The van der Waals surface area contributed by atoms with Crippen molar-refractivity contribution in [2.75, 3.05) is 12.4 Å². The fourth-order valence-corrected chi connectivity index (χ4v) is 3.47. The number of benzene rings is 2. The summed E-state index contributed by atoms with van der Waals surface area (Å²) in [6, 6.07) is 10.00. The second-order valence-electron chi connectivity index (χ2n) is 6.91. The normalized spacial score (nSPS) is 15.4. The maximum atomic E-state index is 6.47. The van der Waals surface area contributed by atoms with Crippen LogP contribution in [0.4, 0.5) is 5.69 Å². The number of imidazole rings is 1. The number of anilines is 1. The first-order valence-corrected chi connectivity index (χ1v) is 9.07. The van der Waals surface area contributed by atoms with E-state index in [0.29, 0.717) is 5.02 Å². The van der Waals surface area contributed by atoms with E-state index in [1.54, 1.807) is 0 Å². The zero-order chi connectivity index (χ0) is 17.6. The van der Waals surface area contributed by atoms with Gasteiger partial charge in [-0.25, -0.2) is 4.98 Å². The Bertz CT molecular complexity index is 944. The molecule has 1 heterocycles. The summed E-state index contributed by atoms with van der Waals surface area (Å²) in [4.78, 5) is 4.52. The van der Waals surface area contributed by atoms with Crippen LogP contribution in [-0.2, 0) is 12.0 Å². The van der Waals surface area contributed by atoms with Gasteiger partial charge >= 0.3 is 0 Å². The van der Waals surface area contributed by atoms with Crippen molar-refractivity contribution in [1.29, 1.82) is 0 Å². The molecular weight excluding hydrogens is 334 g/mol. The molecule has 0 spiro atoms. The minimum absolute atomic E-state index is 0.202. The summed E-state index contributed by atoms with van der Waals surface area (Å²) >= 11 is 6.47. The minimum Gasteiger partial charge on any atom is -0.455 e. The number of hydrogen-bond acceptors (Lipinski definition) is 3. The van der Waals surface area contributed by atoms with Gasteiger partial charge < -0.3 is 14.6 Å². The minimum atomic E-state index is 0.202. The van der Waals surface area contributed by atoms with Crippen molar-refractivity contribution >= 4 is 28.3 Å². The number of ether oxygens (including phenoxy) is 1. The second kappa shape index (κ2) is 5.95. The van der Waals surface area contributed by atoms with Crippen molar-refractivity contribution in [1.82, 2.24) is 9.55 Å². The van der Waals surface area contributed by atoms with Crippen LogP contribution in [0.1, 0.15) is 32.3 Å². The molecule has 2 aromatic carbocycles. The van der Waals surface area contributed by atoms with E-state index >= 15 is 0 Å². The van der Waals surface area contributed by atoms with Gasteiger partial charge in [0.1, 0.15) is 11.5 Å². The Morgan fingerprint density at radius 2 is 2.08 bits per heavy atom. The lowest BCUT2D eigenvalue weighted by Crippen LogP contribution is -2.10. The summed E-state index contributed by atoms with van der Waals surface area (Å²) in [5.74, 6) is 1.51. The highest BCUT2D eigenvalue weighted by Gasteiger charge is 2.40.